The Morgan fingerprint density at radius 1 is 1.15 bits per heavy atom. The Morgan fingerprint density at radius 3 is 2.56 bits per heavy atom. The molecule has 4 rings (SSSR count). The highest BCUT2D eigenvalue weighted by Crippen LogP contribution is 2.40. The molecule has 1 saturated carbocycles. The molecular formula is C20H26N2O4S. The Balaban J connectivity index is 1.61. The number of fused-ring (bicyclic) bond motifs is 1. The average Bonchev–Trinajstić information content (AvgIpc) is 2.86. The minimum atomic E-state index is -3.18. The van der Waals surface area contributed by atoms with Gasteiger partial charge in [-0.15, -0.1) is 0 Å². The molecule has 146 valence electrons. The average molecular weight is 391 g/mol. The largest absolute Gasteiger partial charge is 0.336 e. The van der Waals surface area contributed by atoms with E-state index in [1.165, 1.54) is 0 Å². The van der Waals surface area contributed by atoms with Crippen LogP contribution in [0.5, 0.6) is 0 Å². The quantitative estimate of drug-likeness (QED) is 0.799. The Morgan fingerprint density at radius 2 is 1.85 bits per heavy atom. The number of carbonyl (C=O) groups is 2. The molecule has 1 spiro atoms. The van der Waals surface area contributed by atoms with Gasteiger partial charge in [0.2, 0.25) is 5.91 Å². The van der Waals surface area contributed by atoms with Crippen molar-refractivity contribution in [2.75, 3.05) is 24.2 Å². The Kier molecular flexibility index (Phi) is 4.14. The van der Waals surface area contributed by atoms with Gasteiger partial charge in [-0.1, -0.05) is 25.3 Å². The predicted octanol–water partition coefficient (Wildman–Crippen LogP) is 2.49. The number of hydrogen-bond acceptors (Lipinski definition) is 4. The van der Waals surface area contributed by atoms with E-state index in [2.05, 4.69) is 5.32 Å². The van der Waals surface area contributed by atoms with Gasteiger partial charge in [0.25, 0.3) is 5.91 Å². The van der Waals surface area contributed by atoms with Crippen molar-refractivity contribution in [1.82, 2.24) is 4.90 Å². The van der Waals surface area contributed by atoms with E-state index in [1.54, 1.807) is 17.0 Å². The van der Waals surface area contributed by atoms with Crippen LogP contribution < -0.4 is 5.32 Å². The monoisotopic (exact) mass is 390 g/mol. The van der Waals surface area contributed by atoms with Crippen LogP contribution >= 0.6 is 0 Å². The number of carbonyl (C=O) groups excluding carboxylic acids is 2. The van der Waals surface area contributed by atoms with Crippen molar-refractivity contribution in [1.29, 1.82) is 0 Å². The fraction of sp³-hybridized carbons (Fsp3) is 0.600. The lowest BCUT2D eigenvalue weighted by molar-refractivity contribution is -0.119. The zero-order chi connectivity index (χ0) is 19.4. The highest BCUT2D eigenvalue weighted by atomic mass is 32.2. The van der Waals surface area contributed by atoms with Crippen molar-refractivity contribution in [3.63, 3.8) is 0 Å². The van der Waals surface area contributed by atoms with Crippen molar-refractivity contribution >= 4 is 27.3 Å². The van der Waals surface area contributed by atoms with Crippen LogP contribution in [0.2, 0.25) is 0 Å². The van der Waals surface area contributed by atoms with Gasteiger partial charge >= 0.3 is 0 Å². The van der Waals surface area contributed by atoms with E-state index in [0.717, 1.165) is 24.8 Å². The van der Waals surface area contributed by atoms with Gasteiger partial charge in [-0.25, -0.2) is 8.42 Å². The molecule has 0 unspecified atom stereocenters. The molecule has 0 radical (unpaired) electrons. The molecule has 2 aliphatic heterocycles. The van der Waals surface area contributed by atoms with Gasteiger partial charge in [0.05, 0.1) is 15.9 Å². The Bertz CT molecular complexity index is 914. The third-order valence-corrected chi connectivity index (χ3v) is 9.15. The van der Waals surface area contributed by atoms with Gasteiger partial charge in [0.1, 0.15) is 0 Å². The van der Waals surface area contributed by atoms with E-state index < -0.39 is 20.0 Å². The highest BCUT2D eigenvalue weighted by molar-refractivity contribution is 7.92. The van der Waals surface area contributed by atoms with Gasteiger partial charge in [-0.3, -0.25) is 9.59 Å². The van der Waals surface area contributed by atoms with Gasteiger partial charge in [-0.05, 0) is 44.4 Å². The third-order valence-electron chi connectivity index (χ3n) is 6.58. The molecule has 1 N–H and O–H groups in total. The number of amides is 2. The first-order valence-corrected chi connectivity index (χ1v) is 11.3. The molecule has 3 aliphatic rings. The lowest BCUT2D eigenvalue weighted by atomic mass is 9.85. The predicted molar refractivity (Wildman–Crippen MR) is 104 cm³/mol. The first-order chi connectivity index (χ1) is 12.7. The van der Waals surface area contributed by atoms with Gasteiger partial charge < -0.3 is 10.2 Å². The molecule has 7 heteroatoms. The number of nitrogens with zero attached hydrogens (tertiary/aromatic N) is 1. The second-order valence-electron chi connectivity index (χ2n) is 8.63. The summed E-state index contributed by atoms with van der Waals surface area (Å²) in [7, 11) is -3.18. The fourth-order valence-electron chi connectivity index (χ4n) is 4.72. The van der Waals surface area contributed by atoms with Crippen molar-refractivity contribution in [2.45, 2.75) is 56.1 Å². The molecular weight excluding hydrogens is 364 g/mol. The summed E-state index contributed by atoms with van der Waals surface area (Å²) in [5.74, 6) is -0.197. The van der Waals surface area contributed by atoms with Crippen LogP contribution in [0, 0.1) is 0 Å². The van der Waals surface area contributed by atoms with E-state index in [0.29, 0.717) is 24.1 Å². The van der Waals surface area contributed by atoms with E-state index in [1.807, 2.05) is 19.9 Å². The molecule has 0 bridgehead atoms. The molecule has 0 atom stereocenters. The van der Waals surface area contributed by atoms with E-state index in [9.17, 15) is 18.0 Å². The van der Waals surface area contributed by atoms with Crippen LogP contribution in [0.15, 0.2) is 18.2 Å². The molecule has 1 aliphatic carbocycles. The first-order valence-electron chi connectivity index (χ1n) is 9.64. The third kappa shape index (κ3) is 2.78. The number of rotatable bonds is 1. The van der Waals surface area contributed by atoms with Gasteiger partial charge in [0, 0.05) is 24.3 Å². The minimum Gasteiger partial charge on any atom is -0.336 e. The Labute approximate surface area is 160 Å². The molecule has 2 fully saturated rings. The van der Waals surface area contributed by atoms with Crippen molar-refractivity contribution in [3.8, 4) is 0 Å². The topological polar surface area (TPSA) is 83.6 Å². The smallest absolute Gasteiger partial charge is 0.254 e. The standard InChI is InChI=1S/C20H26N2O4S/c1-19(2)15-7-6-14(12-16(15)21-18(19)24)17(23)22-10-11-27(25,26)20(13-22)8-4-3-5-9-20/h6-7,12H,3-5,8-11,13H2,1-2H3,(H,21,24). The zero-order valence-corrected chi connectivity index (χ0v) is 16.7. The molecule has 6 nitrogen and oxygen atoms in total. The summed E-state index contributed by atoms with van der Waals surface area (Å²) in [4.78, 5) is 26.9. The van der Waals surface area contributed by atoms with Gasteiger partial charge in [-0.2, -0.15) is 0 Å². The molecule has 27 heavy (non-hydrogen) atoms. The molecule has 1 aromatic rings. The van der Waals surface area contributed by atoms with Crippen molar-refractivity contribution in [2.24, 2.45) is 0 Å². The van der Waals surface area contributed by atoms with Crippen LogP contribution in [0.4, 0.5) is 5.69 Å². The lowest BCUT2D eigenvalue weighted by Gasteiger charge is -2.44. The second kappa shape index (κ2) is 6.06. The maximum Gasteiger partial charge on any atom is 0.254 e. The normalized spacial score (nSPS) is 25.1. The summed E-state index contributed by atoms with van der Waals surface area (Å²) in [5, 5.41) is 2.85. The van der Waals surface area contributed by atoms with Gasteiger partial charge in [0.15, 0.2) is 9.84 Å². The maximum absolute atomic E-state index is 13.1. The number of nitrogens with one attached hydrogen (secondary N) is 1. The summed E-state index contributed by atoms with van der Waals surface area (Å²) in [6.07, 6.45) is 4.16. The zero-order valence-electron chi connectivity index (χ0n) is 15.9. The van der Waals surface area contributed by atoms with Crippen LogP contribution in [-0.2, 0) is 20.0 Å². The number of benzene rings is 1. The van der Waals surface area contributed by atoms with Crippen LogP contribution in [0.1, 0.15) is 61.9 Å². The summed E-state index contributed by atoms with van der Waals surface area (Å²) in [6.45, 7) is 4.23. The first kappa shape index (κ1) is 18.5. The molecule has 0 aromatic heterocycles. The fourth-order valence-corrected chi connectivity index (χ4v) is 6.88. The maximum atomic E-state index is 13.1. The number of hydrogen-bond donors (Lipinski definition) is 1. The molecule has 2 amide bonds. The Hall–Kier alpha value is -1.89. The van der Waals surface area contributed by atoms with E-state index in [4.69, 9.17) is 0 Å². The van der Waals surface area contributed by atoms with Crippen LogP contribution in [0.25, 0.3) is 0 Å². The molecule has 2 heterocycles. The SMILES string of the molecule is CC1(C)C(=O)Nc2cc(C(=O)N3CCS(=O)(=O)C4(CCCCC4)C3)ccc21. The lowest BCUT2D eigenvalue weighted by Crippen LogP contribution is -2.58. The van der Waals surface area contributed by atoms with Crippen LogP contribution in [-0.4, -0.2) is 48.7 Å². The van der Waals surface area contributed by atoms with E-state index >= 15 is 0 Å². The molecule has 1 aromatic carbocycles. The van der Waals surface area contributed by atoms with E-state index in [-0.39, 0.29) is 30.7 Å². The summed E-state index contributed by atoms with van der Waals surface area (Å²) in [6, 6.07) is 5.30. The van der Waals surface area contributed by atoms with Crippen molar-refractivity contribution < 1.29 is 18.0 Å². The van der Waals surface area contributed by atoms with Crippen LogP contribution in [0.3, 0.4) is 0 Å². The second-order valence-corrected chi connectivity index (χ2v) is 11.1. The van der Waals surface area contributed by atoms with Crippen molar-refractivity contribution in [3.05, 3.63) is 29.3 Å². The number of anilines is 1. The summed E-state index contributed by atoms with van der Waals surface area (Å²) >= 11 is 0. The minimum absolute atomic E-state index is 0.0352. The molecule has 1 saturated heterocycles. The highest BCUT2D eigenvalue weighted by Gasteiger charge is 2.49. The number of sulfone groups is 1. The summed E-state index contributed by atoms with van der Waals surface area (Å²) in [5.41, 5.74) is 1.45. The summed E-state index contributed by atoms with van der Waals surface area (Å²) < 4.78 is 24.7.